The molecule has 2 aliphatic heterocycles. The van der Waals surface area contributed by atoms with Gasteiger partial charge in [0, 0.05) is 12.8 Å². The first-order valence-electron chi connectivity index (χ1n) is 4.88. The third kappa shape index (κ3) is 1.55. The van der Waals surface area contributed by atoms with E-state index in [2.05, 4.69) is 11.2 Å². The molecule has 0 aromatic heterocycles. The molecule has 0 aromatic carbocycles. The molecule has 0 aromatic rings. The van der Waals surface area contributed by atoms with Crippen LogP contribution in [0.2, 0.25) is 0 Å². The molecule has 4 heteroatoms. The van der Waals surface area contributed by atoms with Gasteiger partial charge in [0.1, 0.15) is 5.60 Å². The van der Waals surface area contributed by atoms with E-state index in [4.69, 9.17) is 11.2 Å². The van der Waals surface area contributed by atoms with Gasteiger partial charge in [-0.3, -0.25) is 4.90 Å². The van der Waals surface area contributed by atoms with Crippen LogP contribution in [0.4, 0.5) is 4.79 Å². The summed E-state index contributed by atoms with van der Waals surface area (Å²) in [5.41, 5.74) is -0.265. The van der Waals surface area contributed by atoms with E-state index in [1.54, 1.807) is 4.90 Å². The molecule has 14 heavy (non-hydrogen) atoms. The molecule has 0 atom stereocenters. The molecule has 0 saturated carbocycles. The van der Waals surface area contributed by atoms with Crippen LogP contribution < -0.4 is 5.32 Å². The van der Waals surface area contributed by atoms with Crippen molar-refractivity contribution >= 4 is 6.09 Å². The minimum atomic E-state index is -0.265. The monoisotopic (exact) mass is 194 g/mol. The average Bonchev–Trinajstić information content (AvgIpc) is 2.45. The van der Waals surface area contributed by atoms with Gasteiger partial charge in [-0.05, 0) is 13.1 Å². The van der Waals surface area contributed by atoms with Crippen molar-refractivity contribution in [2.75, 3.05) is 26.2 Å². The van der Waals surface area contributed by atoms with Crippen LogP contribution in [-0.4, -0.2) is 42.8 Å². The second-order valence-corrected chi connectivity index (χ2v) is 3.86. The molecule has 0 bridgehead atoms. The summed E-state index contributed by atoms with van der Waals surface area (Å²) in [7, 11) is 0. The highest BCUT2D eigenvalue weighted by Crippen LogP contribution is 2.30. The van der Waals surface area contributed by atoms with Gasteiger partial charge in [-0.2, -0.15) is 0 Å². The zero-order valence-electron chi connectivity index (χ0n) is 8.08. The molecule has 2 rings (SSSR count). The standard InChI is InChI=1S/C10H14N2O2/c1-2-7-12-8-10(14-9(12)13)3-5-11-6-4-10/h1,11H,3-8H2. The number of carbonyl (C=O) groups is 1. The third-order valence-corrected chi connectivity index (χ3v) is 2.84. The Labute approximate surface area is 83.6 Å². The third-order valence-electron chi connectivity index (χ3n) is 2.84. The van der Waals surface area contributed by atoms with Gasteiger partial charge in [-0.25, -0.2) is 4.79 Å². The Kier molecular flexibility index (Phi) is 2.34. The van der Waals surface area contributed by atoms with E-state index in [1.807, 2.05) is 0 Å². The largest absolute Gasteiger partial charge is 0.441 e. The lowest BCUT2D eigenvalue weighted by Crippen LogP contribution is -2.44. The molecule has 76 valence electrons. The van der Waals surface area contributed by atoms with Crippen molar-refractivity contribution in [1.29, 1.82) is 0 Å². The first-order valence-corrected chi connectivity index (χ1v) is 4.88. The number of nitrogens with zero attached hydrogens (tertiary/aromatic N) is 1. The van der Waals surface area contributed by atoms with Crippen molar-refractivity contribution in [1.82, 2.24) is 10.2 Å². The van der Waals surface area contributed by atoms with Crippen molar-refractivity contribution in [2.24, 2.45) is 0 Å². The van der Waals surface area contributed by atoms with E-state index in [9.17, 15) is 4.79 Å². The number of carbonyl (C=O) groups excluding carboxylic acids is 1. The fraction of sp³-hybridized carbons (Fsp3) is 0.700. The summed E-state index contributed by atoms with van der Waals surface area (Å²) >= 11 is 0. The van der Waals surface area contributed by atoms with E-state index in [0.717, 1.165) is 25.9 Å². The second-order valence-electron chi connectivity index (χ2n) is 3.86. The molecule has 0 radical (unpaired) electrons. The lowest BCUT2D eigenvalue weighted by molar-refractivity contribution is 0.0316. The van der Waals surface area contributed by atoms with Gasteiger partial charge in [0.2, 0.25) is 0 Å². The van der Waals surface area contributed by atoms with Crippen LogP contribution in [0.1, 0.15) is 12.8 Å². The fourth-order valence-electron chi connectivity index (χ4n) is 2.07. The highest BCUT2D eigenvalue weighted by molar-refractivity contribution is 5.71. The van der Waals surface area contributed by atoms with Crippen LogP contribution >= 0.6 is 0 Å². The highest BCUT2D eigenvalue weighted by atomic mass is 16.6. The van der Waals surface area contributed by atoms with Crippen LogP contribution in [0.25, 0.3) is 0 Å². The zero-order valence-corrected chi connectivity index (χ0v) is 8.08. The Morgan fingerprint density at radius 3 is 2.93 bits per heavy atom. The molecule has 2 fully saturated rings. The zero-order chi connectivity index (χ0) is 10.0. The SMILES string of the molecule is C#CCN1CC2(CCNCC2)OC1=O. The molecule has 0 aliphatic carbocycles. The van der Waals surface area contributed by atoms with Gasteiger partial charge in [-0.15, -0.1) is 6.42 Å². The van der Waals surface area contributed by atoms with Crippen molar-refractivity contribution in [3.05, 3.63) is 0 Å². The Bertz CT molecular complexity index is 276. The number of ether oxygens (including phenoxy) is 1. The summed E-state index contributed by atoms with van der Waals surface area (Å²) in [6.45, 7) is 2.83. The maximum atomic E-state index is 11.4. The van der Waals surface area contributed by atoms with Crippen LogP contribution in [0.3, 0.4) is 0 Å². The summed E-state index contributed by atoms with van der Waals surface area (Å²) in [6.07, 6.45) is 6.69. The Hall–Kier alpha value is -1.21. The second kappa shape index (κ2) is 3.50. The Morgan fingerprint density at radius 2 is 2.29 bits per heavy atom. The summed E-state index contributed by atoms with van der Waals surface area (Å²) in [5, 5.41) is 3.25. The number of amides is 1. The Balaban J connectivity index is 2.04. The van der Waals surface area contributed by atoms with Gasteiger partial charge in [-0.1, -0.05) is 5.92 Å². The minimum absolute atomic E-state index is 0.259. The Morgan fingerprint density at radius 1 is 1.57 bits per heavy atom. The van der Waals surface area contributed by atoms with Gasteiger partial charge < -0.3 is 10.1 Å². The van der Waals surface area contributed by atoms with Crippen molar-refractivity contribution < 1.29 is 9.53 Å². The van der Waals surface area contributed by atoms with E-state index in [1.165, 1.54) is 0 Å². The maximum Gasteiger partial charge on any atom is 0.411 e. The number of terminal acetylenes is 1. The van der Waals surface area contributed by atoms with Gasteiger partial charge in [0.25, 0.3) is 0 Å². The predicted octanol–water partition coefficient (Wildman–Crippen LogP) is 0.194. The molecule has 2 saturated heterocycles. The average molecular weight is 194 g/mol. The van der Waals surface area contributed by atoms with E-state index in [0.29, 0.717) is 13.1 Å². The van der Waals surface area contributed by atoms with Gasteiger partial charge in [0.15, 0.2) is 0 Å². The molecule has 1 spiro atoms. The molecule has 4 nitrogen and oxygen atoms in total. The van der Waals surface area contributed by atoms with Gasteiger partial charge in [0.05, 0.1) is 13.1 Å². The number of piperidine rings is 1. The number of rotatable bonds is 1. The molecule has 1 N–H and O–H groups in total. The smallest absolute Gasteiger partial charge is 0.411 e. The lowest BCUT2D eigenvalue weighted by Gasteiger charge is -2.31. The van der Waals surface area contributed by atoms with Crippen LogP contribution in [0.5, 0.6) is 0 Å². The van der Waals surface area contributed by atoms with Crippen LogP contribution in [-0.2, 0) is 4.74 Å². The van der Waals surface area contributed by atoms with E-state index in [-0.39, 0.29) is 11.7 Å². The van der Waals surface area contributed by atoms with Crippen LogP contribution in [0, 0.1) is 12.3 Å². The van der Waals surface area contributed by atoms with Crippen molar-refractivity contribution in [3.63, 3.8) is 0 Å². The molecular formula is C10H14N2O2. The first kappa shape index (κ1) is 9.35. The topological polar surface area (TPSA) is 41.6 Å². The van der Waals surface area contributed by atoms with E-state index >= 15 is 0 Å². The normalized spacial score (nSPS) is 24.8. The van der Waals surface area contributed by atoms with Crippen molar-refractivity contribution in [2.45, 2.75) is 18.4 Å². The first-order chi connectivity index (χ1) is 6.76. The predicted molar refractivity (Wildman–Crippen MR) is 51.7 cm³/mol. The van der Waals surface area contributed by atoms with Gasteiger partial charge >= 0.3 is 6.09 Å². The maximum absolute atomic E-state index is 11.4. The highest BCUT2D eigenvalue weighted by Gasteiger charge is 2.45. The lowest BCUT2D eigenvalue weighted by atomic mass is 9.92. The van der Waals surface area contributed by atoms with Crippen LogP contribution in [0.15, 0.2) is 0 Å². The fourth-order valence-corrected chi connectivity index (χ4v) is 2.07. The van der Waals surface area contributed by atoms with Crippen molar-refractivity contribution in [3.8, 4) is 12.3 Å². The quantitative estimate of drug-likeness (QED) is 0.606. The molecule has 2 heterocycles. The summed E-state index contributed by atoms with van der Waals surface area (Å²) < 4.78 is 5.41. The molecule has 1 amide bonds. The number of hydrogen-bond donors (Lipinski definition) is 1. The molecule has 2 aliphatic rings. The minimum Gasteiger partial charge on any atom is -0.441 e. The molecule has 0 unspecified atom stereocenters. The van der Waals surface area contributed by atoms with E-state index < -0.39 is 0 Å². The summed E-state index contributed by atoms with van der Waals surface area (Å²) in [6, 6.07) is 0. The number of hydrogen-bond acceptors (Lipinski definition) is 3. The molecular weight excluding hydrogens is 180 g/mol. The number of nitrogens with one attached hydrogen (secondary N) is 1. The summed E-state index contributed by atoms with van der Waals surface area (Å²) in [4.78, 5) is 13.0. The summed E-state index contributed by atoms with van der Waals surface area (Å²) in [5.74, 6) is 2.47.